The number of unbranched alkanes of at least 4 members (excludes halogenated alkanes) is 1. The van der Waals surface area contributed by atoms with Crippen LogP contribution in [0.5, 0.6) is 0 Å². The Morgan fingerprint density at radius 3 is 2.35 bits per heavy atom. The summed E-state index contributed by atoms with van der Waals surface area (Å²) in [5, 5.41) is 6.94. The lowest BCUT2D eigenvalue weighted by molar-refractivity contribution is 0.297. The van der Waals surface area contributed by atoms with Gasteiger partial charge in [-0.1, -0.05) is 26.7 Å². The second-order valence-corrected chi connectivity index (χ2v) is 5.36. The first-order valence-corrected chi connectivity index (χ1v) is 7.99. The number of nitrogens with one attached hydrogen (secondary N) is 2. The Bertz CT molecular complexity index is 248. The van der Waals surface area contributed by atoms with Gasteiger partial charge in [0.2, 0.25) is 0 Å². The van der Waals surface area contributed by atoms with Crippen LogP contribution in [0, 0.1) is 0 Å². The van der Waals surface area contributed by atoms with Gasteiger partial charge in [0.05, 0.1) is 0 Å². The molecule has 1 saturated carbocycles. The second-order valence-electron chi connectivity index (χ2n) is 5.36. The Balaban J connectivity index is 0.00000361. The maximum atomic E-state index is 4.30. The molecule has 0 spiro atoms. The third-order valence-corrected chi connectivity index (χ3v) is 4.01. The van der Waals surface area contributed by atoms with Crippen molar-refractivity contribution < 1.29 is 0 Å². The molecule has 0 aromatic carbocycles. The number of aliphatic imine (C=N–C) groups is 1. The zero-order valence-electron chi connectivity index (χ0n) is 13.5. The lowest BCUT2D eigenvalue weighted by atomic mass is 10.2. The van der Waals surface area contributed by atoms with Crippen LogP contribution in [0.3, 0.4) is 0 Å². The molecule has 1 aliphatic carbocycles. The molecule has 0 unspecified atom stereocenters. The van der Waals surface area contributed by atoms with Gasteiger partial charge in [-0.2, -0.15) is 0 Å². The van der Waals surface area contributed by atoms with Crippen molar-refractivity contribution in [1.82, 2.24) is 15.5 Å². The summed E-state index contributed by atoms with van der Waals surface area (Å²) >= 11 is 0. The van der Waals surface area contributed by atoms with E-state index in [-0.39, 0.29) is 24.0 Å². The molecular weight excluding hydrogens is 363 g/mol. The summed E-state index contributed by atoms with van der Waals surface area (Å²) in [5.41, 5.74) is 0. The first kappa shape index (κ1) is 20.0. The van der Waals surface area contributed by atoms with E-state index in [1.165, 1.54) is 45.1 Å². The number of halogens is 1. The van der Waals surface area contributed by atoms with Crippen LogP contribution >= 0.6 is 24.0 Å². The van der Waals surface area contributed by atoms with E-state index in [1.807, 2.05) is 7.05 Å². The van der Waals surface area contributed by atoms with Crippen LogP contribution in [0.2, 0.25) is 0 Å². The Morgan fingerprint density at radius 2 is 1.80 bits per heavy atom. The molecule has 4 nitrogen and oxygen atoms in total. The van der Waals surface area contributed by atoms with Crippen molar-refractivity contribution in [3.05, 3.63) is 0 Å². The third kappa shape index (κ3) is 8.29. The van der Waals surface area contributed by atoms with Crippen molar-refractivity contribution in [1.29, 1.82) is 0 Å². The molecule has 0 saturated heterocycles. The van der Waals surface area contributed by atoms with Gasteiger partial charge in [0.1, 0.15) is 0 Å². The average Bonchev–Trinajstić information content (AvgIpc) is 2.94. The van der Waals surface area contributed by atoms with E-state index in [4.69, 9.17) is 0 Å². The summed E-state index contributed by atoms with van der Waals surface area (Å²) in [6.07, 6.45) is 7.78. The topological polar surface area (TPSA) is 39.7 Å². The van der Waals surface area contributed by atoms with E-state index in [9.17, 15) is 0 Å². The zero-order valence-corrected chi connectivity index (χ0v) is 15.8. The van der Waals surface area contributed by atoms with Crippen LogP contribution in [-0.2, 0) is 0 Å². The molecular formula is C15H33IN4. The first-order chi connectivity index (χ1) is 9.30. The maximum Gasteiger partial charge on any atom is 0.191 e. The molecule has 0 atom stereocenters. The Labute approximate surface area is 142 Å². The van der Waals surface area contributed by atoms with Gasteiger partial charge < -0.3 is 15.5 Å². The summed E-state index contributed by atoms with van der Waals surface area (Å²) in [6, 6.07) is 0.641. The highest BCUT2D eigenvalue weighted by Gasteiger charge is 2.15. The normalized spacial score (nSPS) is 16.3. The minimum atomic E-state index is 0. The Hall–Kier alpha value is -0.0400. The molecule has 1 fully saturated rings. The highest BCUT2D eigenvalue weighted by Crippen LogP contribution is 2.17. The quantitative estimate of drug-likeness (QED) is 0.287. The number of hydrogen-bond donors (Lipinski definition) is 2. The molecule has 20 heavy (non-hydrogen) atoms. The smallest absolute Gasteiger partial charge is 0.191 e. The average molecular weight is 396 g/mol. The van der Waals surface area contributed by atoms with Gasteiger partial charge in [0, 0.05) is 19.6 Å². The molecule has 0 bridgehead atoms. The Morgan fingerprint density at radius 1 is 1.15 bits per heavy atom. The molecule has 1 rings (SSSR count). The van der Waals surface area contributed by atoms with Gasteiger partial charge in [0.25, 0.3) is 0 Å². The predicted molar refractivity (Wildman–Crippen MR) is 99.2 cm³/mol. The highest BCUT2D eigenvalue weighted by molar-refractivity contribution is 14.0. The van der Waals surface area contributed by atoms with E-state index in [2.05, 4.69) is 34.4 Å². The van der Waals surface area contributed by atoms with Crippen molar-refractivity contribution in [3.8, 4) is 0 Å². The summed E-state index contributed by atoms with van der Waals surface area (Å²) in [7, 11) is 1.86. The van der Waals surface area contributed by atoms with Crippen LogP contribution in [0.1, 0.15) is 52.4 Å². The summed E-state index contributed by atoms with van der Waals surface area (Å²) in [4.78, 5) is 6.78. The number of guanidine groups is 1. The number of hydrogen-bond acceptors (Lipinski definition) is 2. The fraction of sp³-hybridized carbons (Fsp3) is 0.933. The molecule has 2 N–H and O–H groups in total. The molecule has 0 radical (unpaired) electrons. The molecule has 0 aromatic rings. The minimum Gasteiger partial charge on any atom is -0.356 e. The summed E-state index contributed by atoms with van der Waals surface area (Å²) in [5.74, 6) is 0.981. The van der Waals surface area contributed by atoms with Gasteiger partial charge in [-0.15, -0.1) is 24.0 Å². The maximum absolute atomic E-state index is 4.30. The number of rotatable bonds is 8. The van der Waals surface area contributed by atoms with E-state index in [0.29, 0.717) is 6.04 Å². The standard InChI is InChI=1S/C15H32N4.HI/c1-4-19(5-2)13-9-8-12-17-15(16-3)18-14-10-6-7-11-14;/h14H,4-13H2,1-3H3,(H2,16,17,18);1H. The van der Waals surface area contributed by atoms with Crippen molar-refractivity contribution in [2.45, 2.75) is 58.4 Å². The van der Waals surface area contributed by atoms with Crippen LogP contribution in [0.4, 0.5) is 0 Å². The third-order valence-electron chi connectivity index (χ3n) is 4.01. The first-order valence-electron chi connectivity index (χ1n) is 7.99. The van der Waals surface area contributed by atoms with E-state index in [0.717, 1.165) is 25.6 Å². The van der Waals surface area contributed by atoms with E-state index >= 15 is 0 Å². The van der Waals surface area contributed by atoms with Gasteiger partial charge >= 0.3 is 0 Å². The Kier molecular flexibility index (Phi) is 12.7. The molecule has 0 aromatic heterocycles. The van der Waals surface area contributed by atoms with Crippen molar-refractivity contribution in [2.24, 2.45) is 4.99 Å². The lowest BCUT2D eigenvalue weighted by Crippen LogP contribution is -2.42. The van der Waals surface area contributed by atoms with Crippen LogP contribution in [0.25, 0.3) is 0 Å². The van der Waals surface area contributed by atoms with E-state index in [1.54, 1.807) is 0 Å². The van der Waals surface area contributed by atoms with Crippen LogP contribution < -0.4 is 10.6 Å². The van der Waals surface area contributed by atoms with Crippen LogP contribution in [-0.4, -0.2) is 50.1 Å². The van der Waals surface area contributed by atoms with Crippen molar-refractivity contribution in [2.75, 3.05) is 33.2 Å². The molecule has 0 aliphatic heterocycles. The van der Waals surface area contributed by atoms with Gasteiger partial charge in [-0.3, -0.25) is 4.99 Å². The van der Waals surface area contributed by atoms with Gasteiger partial charge in [-0.25, -0.2) is 0 Å². The lowest BCUT2D eigenvalue weighted by Gasteiger charge is -2.19. The van der Waals surface area contributed by atoms with Gasteiger partial charge in [-0.05, 0) is 45.3 Å². The summed E-state index contributed by atoms with van der Waals surface area (Å²) in [6.45, 7) is 9.02. The fourth-order valence-electron chi connectivity index (χ4n) is 2.67. The second kappa shape index (κ2) is 12.7. The van der Waals surface area contributed by atoms with Gasteiger partial charge in [0.15, 0.2) is 5.96 Å². The minimum absolute atomic E-state index is 0. The summed E-state index contributed by atoms with van der Waals surface area (Å²) < 4.78 is 0. The molecule has 5 heteroatoms. The molecule has 0 amide bonds. The largest absolute Gasteiger partial charge is 0.356 e. The number of nitrogens with zero attached hydrogens (tertiary/aromatic N) is 2. The van der Waals surface area contributed by atoms with E-state index < -0.39 is 0 Å². The monoisotopic (exact) mass is 396 g/mol. The molecule has 120 valence electrons. The van der Waals surface area contributed by atoms with Crippen LogP contribution in [0.15, 0.2) is 4.99 Å². The molecule has 0 heterocycles. The highest BCUT2D eigenvalue weighted by atomic mass is 127. The zero-order chi connectivity index (χ0) is 13.9. The SMILES string of the molecule is CCN(CC)CCCCNC(=NC)NC1CCCC1.I. The van der Waals surface area contributed by atoms with Crippen molar-refractivity contribution in [3.63, 3.8) is 0 Å². The fourth-order valence-corrected chi connectivity index (χ4v) is 2.67. The van der Waals surface area contributed by atoms with Crippen molar-refractivity contribution >= 4 is 29.9 Å². The predicted octanol–water partition coefficient (Wildman–Crippen LogP) is 2.83. The molecule has 1 aliphatic rings.